The van der Waals surface area contributed by atoms with Crippen molar-refractivity contribution in [3.05, 3.63) is 34.9 Å². The number of likely N-dealkylation sites (N-methyl/N-ethyl adjacent to an activating group) is 1. The maximum Gasteiger partial charge on any atom is 0.191 e. The molecule has 1 aromatic rings. The smallest absolute Gasteiger partial charge is 0.191 e. The van der Waals surface area contributed by atoms with Crippen molar-refractivity contribution in [2.24, 2.45) is 10.9 Å². The summed E-state index contributed by atoms with van der Waals surface area (Å²) in [5, 5.41) is 7.79. The summed E-state index contributed by atoms with van der Waals surface area (Å²) >= 11 is 6.30. The van der Waals surface area contributed by atoms with Gasteiger partial charge in [0.25, 0.3) is 0 Å². The number of benzene rings is 1. The Hall–Kier alpha value is -0.610. The van der Waals surface area contributed by atoms with E-state index in [4.69, 9.17) is 16.3 Å². The molecule has 6 nitrogen and oxygen atoms in total. The molecule has 0 aromatic heterocycles. The van der Waals surface area contributed by atoms with Crippen molar-refractivity contribution in [3.63, 3.8) is 0 Å². The van der Waals surface area contributed by atoms with Gasteiger partial charge in [0.2, 0.25) is 0 Å². The van der Waals surface area contributed by atoms with Crippen LogP contribution in [0.15, 0.2) is 29.3 Å². The third-order valence-corrected chi connectivity index (χ3v) is 5.88. The highest BCUT2D eigenvalue weighted by atomic mass is 127. The molecular weight excluding hydrogens is 513 g/mol. The first-order valence-electron chi connectivity index (χ1n) is 10.7. The highest BCUT2D eigenvalue weighted by molar-refractivity contribution is 14.0. The van der Waals surface area contributed by atoms with Crippen LogP contribution < -0.4 is 10.6 Å². The van der Waals surface area contributed by atoms with E-state index in [-0.39, 0.29) is 24.0 Å². The van der Waals surface area contributed by atoms with Gasteiger partial charge in [-0.2, -0.15) is 0 Å². The maximum atomic E-state index is 6.30. The first kappa shape index (κ1) is 27.4. The van der Waals surface area contributed by atoms with Crippen molar-refractivity contribution in [1.82, 2.24) is 20.4 Å². The average Bonchev–Trinajstić information content (AvgIpc) is 2.73. The molecule has 0 saturated carbocycles. The van der Waals surface area contributed by atoms with Crippen LogP contribution in [-0.2, 0) is 11.3 Å². The first-order chi connectivity index (χ1) is 14.1. The van der Waals surface area contributed by atoms with Crippen LogP contribution in [0.4, 0.5) is 0 Å². The summed E-state index contributed by atoms with van der Waals surface area (Å²) in [5.74, 6) is 1.58. The van der Waals surface area contributed by atoms with E-state index in [0.717, 1.165) is 69.8 Å². The molecule has 172 valence electrons. The van der Waals surface area contributed by atoms with E-state index < -0.39 is 0 Å². The van der Waals surface area contributed by atoms with Gasteiger partial charge in [-0.25, -0.2) is 0 Å². The van der Waals surface area contributed by atoms with Crippen molar-refractivity contribution in [3.8, 4) is 0 Å². The predicted molar refractivity (Wildman–Crippen MR) is 138 cm³/mol. The third kappa shape index (κ3) is 10.6. The molecule has 0 aliphatic carbocycles. The average molecular weight is 552 g/mol. The molecule has 1 heterocycles. The second kappa shape index (κ2) is 16.1. The van der Waals surface area contributed by atoms with Crippen LogP contribution in [0.3, 0.4) is 0 Å². The lowest BCUT2D eigenvalue weighted by molar-refractivity contribution is 0.178. The Morgan fingerprint density at radius 1 is 1.23 bits per heavy atom. The lowest BCUT2D eigenvalue weighted by Gasteiger charge is -2.32. The third-order valence-electron chi connectivity index (χ3n) is 5.51. The van der Waals surface area contributed by atoms with Crippen LogP contribution in [0, 0.1) is 5.92 Å². The Kier molecular flexibility index (Phi) is 14.7. The van der Waals surface area contributed by atoms with Gasteiger partial charge < -0.3 is 20.3 Å². The molecule has 1 aromatic carbocycles. The van der Waals surface area contributed by atoms with Crippen LogP contribution >= 0.6 is 35.6 Å². The lowest BCUT2D eigenvalue weighted by atomic mass is 9.96. The van der Waals surface area contributed by atoms with Crippen molar-refractivity contribution >= 4 is 41.5 Å². The van der Waals surface area contributed by atoms with E-state index in [2.05, 4.69) is 44.6 Å². The fraction of sp³-hybridized carbons (Fsp3) is 0.682. The van der Waals surface area contributed by atoms with Gasteiger partial charge >= 0.3 is 0 Å². The molecule has 1 saturated heterocycles. The summed E-state index contributed by atoms with van der Waals surface area (Å²) in [5.41, 5.74) is 1.22. The van der Waals surface area contributed by atoms with Crippen LogP contribution in [0.25, 0.3) is 0 Å². The number of likely N-dealkylation sites (tertiary alicyclic amines) is 1. The van der Waals surface area contributed by atoms with Gasteiger partial charge in [-0.05, 0) is 56.9 Å². The molecule has 2 rings (SSSR count). The zero-order chi connectivity index (χ0) is 20.9. The van der Waals surface area contributed by atoms with E-state index in [9.17, 15) is 0 Å². The van der Waals surface area contributed by atoms with Crippen molar-refractivity contribution in [1.29, 1.82) is 0 Å². The molecular formula is C22H39ClIN5O. The summed E-state index contributed by atoms with van der Waals surface area (Å²) in [7, 11) is 5.73. The van der Waals surface area contributed by atoms with E-state index in [1.54, 1.807) is 7.11 Å². The summed E-state index contributed by atoms with van der Waals surface area (Å²) < 4.78 is 5.10. The van der Waals surface area contributed by atoms with Crippen LogP contribution in [-0.4, -0.2) is 82.8 Å². The summed E-state index contributed by atoms with van der Waals surface area (Å²) in [6, 6.07) is 8.15. The number of piperidine rings is 1. The number of nitrogens with zero attached hydrogens (tertiary/aromatic N) is 3. The summed E-state index contributed by atoms with van der Waals surface area (Å²) in [6.07, 6.45) is 3.47. The van der Waals surface area contributed by atoms with Gasteiger partial charge in [-0.15, -0.1) is 24.0 Å². The number of halogens is 2. The first-order valence-corrected chi connectivity index (χ1v) is 11.1. The number of methoxy groups -OCH3 is 1. The van der Waals surface area contributed by atoms with E-state index in [1.807, 2.05) is 19.2 Å². The van der Waals surface area contributed by atoms with E-state index >= 15 is 0 Å². The molecule has 0 bridgehead atoms. The Balaban J connectivity index is 0.00000450. The number of nitrogens with one attached hydrogen (secondary N) is 2. The minimum absolute atomic E-state index is 0. The van der Waals surface area contributed by atoms with Crippen molar-refractivity contribution in [2.75, 3.05) is 67.1 Å². The Morgan fingerprint density at radius 2 is 1.97 bits per heavy atom. The maximum absolute atomic E-state index is 6.30. The van der Waals surface area contributed by atoms with Gasteiger partial charge in [0.15, 0.2) is 5.96 Å². The predicted octanol–water partition coefficient (Wildman–Crippen LogP) is 3.30. The monoisotopic (exact) mass is 551 g/mol. The van der Waals surface area contributed by atoms with Gasteiger partial charge in [-0.3, -0.25) is 9.89 Å². The quantitative estimate of drug-likeness (QED) is 0.191. The zero-order valence-electron chi connectivity index (χ0n) is 18.7. The normalized spacial score (nSPS) is 15.8. The van der Waals surface area contributed by atoms with Crippen molar-refractivity contribution in [2.45, 2.75) is 25.8 Å². The second-order valence-corrected chi connectivity index (χ2v) is 8.25. The largest absolute Gasteiger partial charge is 0.385 e. The number of rotatable bonds is 11. The summed E-state index contributed by atoms with van der Waals surface area (Å²) in [4.78, 5) is 9.17. The molecule has 8 heteroatoms. The molecule has 0 spiro atoms. The minimum Gasteiger partial charge on any atom is -0.385 e. The molecule has 0 atom stereocenters. The molecule has 1 fully saturated rings. The molecule has 1 aliphatic heterocycles. The number of aliphatic imine (C=N–C) groups is 1. The highest BCUT2D eigenvalue weighted by Gasteiger charge is 2.20. The number of hydrogen-bond donors (Lipinski definition) is 2. The lowest BCUT2D eigenvalue weighted by Crippen LogP contribution is -2.44. The molecule has 0 amide bonds. The number of ether oxygens (including phenoxy) is 1. The molecule has 2 N–H and O–H groups in total. The second-order valence-electron chi connectivity index (χ2n) is 7.84. The van der Waals surface area contributed by atoms with Crippen LogP contribution in [0.5, 0.6) is 0 Å². The standard InChI is InChI=1S/C22H38ClN5O.HI/c1-24-22(25-11-15-27(2)12-6-16-29-3)26-17-19-9-13-28(14-10-19)18-20-7-4-5-8-21(20)23;/h4-5,7-8,19H,6,9-18H2,1-3H3,(H2,24,25,26);1H. The van der Waals surface area contributed by atoms with Gasteiger partial charge in [-0.1, -0.05) is 29.8 Å². The van der Waals surface area contributed by atoms with Gasteiger partial charge in [0.05, 0.1) is 0 Å². The Labute approximate surface area is 204 Å². The molecule has 0 unspecified atom stereocenters. The molecule has 1 aliphatic rings. The Bertz CT molecular complexity index is 611. The SMILES string of the molecule is CN=C(NCCN(C)CCCOC)NCC1CCN(Cc2ccccc2Cl)CC1.I. The van der Waals surface area contributed by atoms with Gasteiger partial charge in [0, 0.05) is 58.5 Å². The van der Waals surface area contributed by atoms with Crippen molar-refractivity contribution < 1.29 is 4.74 Å². The fourth-order valence-electron chi connectivity index (χ4n) is 3.63. The Morgan fingerprint density at radius 3 is 2.63 bits per heavy atom. The topological polar surface area (TPSA) is 52.1 Å². The van der Waals surface area contributed by atoms with E-state index in [0.29, 0.717) is 5.92 Å². The van der Waals surface area contributed by atoms with Crippen LogP contribution in [0.1, 0.15) is 24.8 Å². The number of hydrogen-bond acceptors (Lipinski definition) is 4. The highest BCUT2D eigenvalue weighted by Crippen LogP contribution is 2.21. The fourth-order valence-corrected chi connectivity index (χ4v) is 3.83. The zero-order valence-corrected chi connectivity index (χ0v) is 21.8. The van der Waals surface area contributed by atoms with Crippen LogP contribution in [0.2, 0.25) is 5.02 Å². The summed E-state index contributed by atoms with van der Waals surface area (Å²) in [6.45, 7) is 7.91. The number of guanidine groups is 1. The van der Waals surface area contributed by atoms with Gasteiger partial charge in [0.1, 0.15) is 0 Å². The molecule has 30 heavy (non-hydrogen) atoms. The van der Waals surface area contributed by atoms with E-state index in [1.165, 1.54) is 18.4 Å². The minimum atomic E-state index is 0. The molecule has 0 radical (unpaired) electrons.